The molecule has 3 atom stereocenters. The van der Waals surface area contributed by atoms with Crippen LogP contribution in [0, 0.1) is 28.9 Å². The number of anilines is 1. The van der Waals surface area contributed by atoms with E-state index in [4.69, 9.17) is 0 Å². The second-order valence-electron chi connectivity index (χ2n) is 5.63. The molecule has 0 aliphatic heterocycles. The first kappa shape index (κ1) is 13.8. The summed E-state index contributed by atoms with van der Waals surface area (Å²) < 4.78 is 0. The van der Waals surface area contributed by atoms with Gasteiger partial charge in [0, 0.05) is 12.1 Å². The Morgan fingerprint density at radius 2 is 2.16 bits per heavy atom. The Kier molecular flexibility index (Phi) is 4.08. The molecule has 1 fully saturated rings. The minimum Gasteiger partial charge on any atom is -0.376 e. The predicted octanol–water partition coefficient (Wildman–Crippen LogP) is 4.14. The van der Waals surface area contributed by atoms with Gasteiger partial charge in [-0.3, -0.25) is 10.1 Å². The lowest BCUT2D eigenvalue weighted by Crippen LogP contribution is -2.25. The van der Waals surface area contributed by atoms with Gasteiger partial charge in [-0.15, -0.1) is 0 Å². The van der Waals surface area contributed by atoms with E-state index < -0.39 is 0 Å². The summed E-state index contributed by atoms with van der Waals surface area (Å²) in [6.07, 6.45) is 3.51. The molecule has 2 rings (SSSR count). The monoisotopic (exact) mass is 262 g/mol. The molecule has 0 amide bonds. The highest BCUT2D eigenvalue weighted by atomic mass is 16.6. The Bertz CT molecular complexity index is 473. The Morgan fingerprint density at radius 1 is 1.42 bits per heavy atom. The van der Waals surface area contributed by atoms with E-state index in [0.29, 0.717) is 17.6 Å². The molecule has 0 aromatic heterocycles. The van der Waals surface area contributed by atoms with Crippen molar-refractivity contribution in [1.82, 2.24) is 0 Å². The maximum absolute atomic E-state index is 11.1. The molecule has 0 radical (unpaired) electrons. The fourth-order valence-electron chi connectivity index (χ4n) is 3.15. The van der Waals surface area contributed by atoms with E-state index in [1.165, 1.54) is 12.8 Å². The highest BCUT2D eigenvalue weighted by Gasteiger charge is 2.32. The Hall–Kier alpha value is -1.58. The molecule has 1 aromatic carbocycles. The molecule has 1 aliphatic carbocycles. The van der Waals surface area contributed by atoms with Gasteiger partial charge < -0.3 is 5.32 Å². The molecule has 4 nitrogen and oxygen atoms in total. The van der Waals surface area contributed by atoms with Gasteiger partial charge in [0.2, 0.25) is 0 Å². The number of hydrogen-bond donors (Lipinski definition) is 1. The van der Waals surface area contributed by atoms with Crippen LogP contribution in [0.15, 0.2) is 18.2 Å². The van der Waals surface area contributed by atoms with Crippen molar-refractivity contribution in [2.75, 3.05) is 5.32 Å². The van der Waals surface area contributed by atoms with Crippen molar-refractivity contribution in [2.24, 2.45) is 11.8 Å². The SMILES string of the molecule is CCC1CCC(Nc2cc(C)ccc2[N+](=O)[O-])C1C. The van der Waals surface area contributed by atoms with Crippen molar-refractivity contribution in [1.29, 1.82) is 0 Å². The summed E-state index contributed by atoms with van der Waals surface area (Å²) >= 11 is 0. The second-order valence-corrected chi connectivity index (χ2v) is 5.63. The molecule has 4 heteroatoms. The highest BCUT2D eigenvalue weighted by molar-refractivity contribution is 5.63. The molecule has 1 aliphatic rings. The van der Waals surface area contributed by atoms with E-state index in [0.717, 1.165) is 17.9 Å². The maximum atomic E-state index is 11.1. The summed E-state index contributed by atoms with van der Waals surface area (Å²) in [7, 11) is 0. The molecule has 0 saturated heterocycles. The predicted molar refractivity (Wildman–Crippen MR) is 77.4 cm³/mol. The van der Waals surface area contributed by atoms with Crippen LogP contribution in [0.1, 0.15) is 38.7 Å². The number of aryl methyl sites for hydroxylation is 1. The number of nitrogens with zero attached hydrogens (tertiary/aromatic N) is 1. The van der Waals surface area contributed by atoms with Crippen LogP contribution in [0.4, 0.5) is 11.4 Å². The molecule has 104 valence electrons. The molecule has 0 bridgehead atoms. The van der Waals surface area contributed by atoms with Crippen molar-refractivity contribution >= 4 is 11.4 Å². The van der Waals surface area contributed by atoms with Gasteiger partial charge in [-0.25, -0.2) is 0 Å². The van der Waals surface area contributed by atoms with Crippen LogP contribution < -0.4 is 5.32 Å². The van der Waals surface area contributed by atoms with E-state index >= 15 is 0 Å². The number of rotatable bonds is 4. The van der Waals surface area contributed by atoms with Crippen molar-refractivity contribution in [3.05, 3.63) is 33.9 Å². The van der Waals surface area contributed by atoms with Crippen LogP contribution in [0.3, 0.4) is 0 Å². The summed E-state index contributed by atoms with van der Waals surface area (Å²) in [4.78, 5) is 10.8. The Balaban J connectivity index is 2.19. The first-order chi connectivity index (χ1) is 9.02. The van der Waals surface area contributed by atoms with Crippen LogP contribution in [-0.2, 0) is 0 Å². The largest absolute Gasteiger partial charge is 0.376 e. The molecule has 0 heterocycles. The number of benzene rings is 1. The first-order valence-electron chi connectivity index (χ1n) is 7.04. The number of nitro groups is 1. The van der Waals surface area contributed by atoms with E-state index in [1.54, 1.807) is 12.1 Å². The van der Waals surface area contributed by atoms with Crippen molar-refractivity contribution in [3.63, 3.8) is 0 Å². The normalized spacial score (nSPS) is 26.4. The van der Waals surface area contributed by atoms with Gasteiger partial charge in [0.1, 0.15) is 5.69 Å². The number of nitro benzene ring substituents is 1. The maximum Gasteiger partial charge on any atom is 0.292 e. The molecule has 0 spiro atoms. The molecular weight excluding hydrogens is 240 g/mol. The second kappa shape index (κ2) is 5.59. The van der Waals surface area contributed by atoms with Gasteiger partial charge in [-0.2, -0.15) is 0 Å². The van der Waals surface area contributed by atoms with Crippen molar-refractivity contribution in [3.8, 4) is 0 Å². The smallest absolute Gasteiger partial charge is 0.292 e. The fourth-order valence-corrected chi connectivity index (χ4v) is 3.15. The van der Waals surface area contributed by atoms with Crippen LogP contribution in [-0.4, -0.2) is 11.0 Å². The third-order valence-electron chi connectivity index (χ3n) is 4.44. The van der Waals surface area contributed by atoms with Gasteiger partial charge in [-0.1, -0.05) is 26.3 Å². The molecule has 1 saturated carbocycles. The minimum atomic E-state index is -0.307. The average molecular weight is 262 g/mol. The Labute approximate surface area is 114 Å². The zero-order valence-electron chi connectivity index (χ0n) is 11.8. The summed E-state index contributed by atoms with van der Waals surface area (Å²) in [5.41, 5.74) is 1.89. The first-order valence-corrected chi connectivity index (χ1v) is 7.04. The Morgan fingerprint density at radius 3 is 2.74 bits per heavy atom. The molecule has 19 heavy (non-hydrogen) atoms. The lowest BCUT2D eigenvalue weighted by atomic mass is 9.93. The lowest BCUT2D eigenvalue weighted by molar-refractivity contribution is -0.384. The van der Waals surface area contributed by atoms with E-state index in [9.17, 15) is 10.1 Å². The summed E-state index contributed by atoms with van der Waals surface area (Å²) in [5, 5.41) is 14.5. The highest BCUT2D eigenvalue weighted by Crippen LogP contribution is 2.37. The van der Waals surface area contributed by atoms with E-state index in [1.807, 2.05) is 13.0 Å². The summed E-state index contributed by atoms with van der Waals surface area (Å²) in [6.45, 7) is 6.43. The van der Waals surface area contributed by atoms with E-state index in [-0.39, 0.29) is 10.6 Å². The summed E-state index contributed by atoms with van der Waals surface area (Å²) in [5.74, 6) is 1.31. The standard InChI is InChI=1S/C15H22N2O2/c1-4-12-6-7-13(11(12)3)16-14-9-10(2)5-8-15(14)17(18)19/h5,8-9,11-13,16H,4,6-7H2,1-3H3. The zero-order valence-corrected chi connectivity index (χ0v) is 11.8. The van der Waals surface area contributed by atoms with Crippen LogP contribution >= 0.6 is 0 Å². The molecule has 1 N–H and O–H groups in total. The number of nitrogens with one attached hydrogen (secondary N) is 1. The van der Waals surface area contributed by atoms with Crippen molar-refractivity contribution in [2.45, 2.75) is 46.1 Å². The zero-order chi connectivity index (χ0) is 14.0. The van der Waals surface area contributed by atoms with Gasteiger partial charge >= 0.3 is 0 Å². The number of hydrogen-bond acceptors (Lipinski definition) is 3. The van der Waals surface area contributed by atoms with Crippen molar-refractivity contribution < 1.29 is 4.92 Å². The van der Waals surface area contributed by atoms with Crippen LogP contribution in [0.25, 0.3) is 0 Å². The van der Waals surface area contributed by atoms with Gasteiger partial charge in [0.15, 0.2) is 0 Å². The lowest BCUT2D eigenvalue weighted by Gasteiger charge is -2.22. The topological polar surface area (TPSA) is 55.2 Å². The average Bonchev–Trinajstić information content (AvgIpc) is 2.70. The van der Waals surface area contributed by atoms with Crippen LogP contribution in [0.2, 0.25) is 0 Å². The molecular formula is C15H22N2O2. The minimum absolute atomic E-state index is 0.178. The van der Waals surface area contributed by atoms with Gasteiger partial charge in [0.25, 0.3) is 5.69 Å². The fraction of sp³-hybridized carbons (Fsp3) is 0.600. The molecule has 3 unspecified atom stereocenters. The van der Waals surface area contributed by atoms with Gasteiger partial charge in [0.05, 0.1) is 4.92 Å². The summed E-state index contributed by atoms with van der Waals surface area (Å²) in [6, 6.07) is 5.61. The quantitative estimate of drug-likeness (QED) is 0.655. The third-order valence-corrected chi connectivity index (χ3v) is 4.44. The van der Waals surface area contributed by atoms with Gasteiger partial charge in [-0.05, 0) is 43.2 Å². The molecule has 1 aromatic rings. The third kappa shape index (κ3) is 2.88. The van der Waals surface area contributed by atoms with Crippen LogP contribution in [0.5, 0.6) is 0 Å². The van der Waals surface area contributed by atoms with E-state index in [2.05, 4.69) is 19.2 Å².